The maximum absolute atomic E-state index is 13.9. The van der Waals surface area contributed by atoms with Gasteiger partial charge in [-0.25, -0.2) is 4.79 Å². The molecular formula is C25H20ClF3N2O3. The number of urea groups is 1. The van der Waals surface area contributed by atoms with Gasteiger partial charge in [0.2, 0.25) is 0 Å². The standard InChI is InChI=1S/C25H20ClF3N2O3/c1-16-5-9-20(10-6-16)31-23(32)30(19-11-7-18(26)8-12-19)22(24(31)14-33-15-24)17-3-2-4-21(13-17)34-25(27,28)29/h2-13,22H,14-15H2,1H3. The fourth-order valence-corrected chi connectivity index (χ4v) is 4.76. The third-order valence-electron chi connectivity index (χ3n) is 6.12. The number of hydrogen-bond acceptors (Lipinski definition) is 3. The Labute approximate surface area is 199 Å². The number of amides is 2. The van der Waals surface area contributed by atoms with Crippen molar-refractivity contribution in [2.75, 3.05) is 23.0 Å². The zero-order valence-corrected chi connectivity index (χ0v) is 18.8. The van der Waals surface area contributed by atoms with Gasteiger partial charge in [-0.3, -0.25) is 9.80 Å². The first-order valence-electron chi connectivity index (χ1n) is 10.6. The largest absolute Gasteiger partial charge is 0.573 e. The number of hydrogen-bond donors (Lipinski definition) is 0. The van der Waals surface area contributed by atoms with Crippen LogP contribution in [0.25, 0.3) is 0 Å². The van der Waals surface area contributed by atoms with Crippen molar-refractivity contribution < 1.29 is 27.4 Å². The summed E-state index contributed by atoms with van der Waals surface area (Å²) < 4.78 is 48.5. The van der Waals surface area contributed by atoms with E-state index < -0.39 is 17.9 Å². The van der Waals surface area contributed by atoms with Gasteiger partial charge in [0.15, 0.2) is 0 Å². The lowest BCUT2D eigenvalue weighted by Gasteiger charge is -2.47. The SMILES string of the molecule is Cc1ccc(N2C(=O)N(c3ccc(Cl)cc3)C(c3cccc(OC(F)(F)F)c3)C23COC3)cc1. The maximum atomic E-state index is 13.9. The second-order valence-corrected chi connectivity index (χ2v) is 8.86. The molecule has 2 aliphatic heterocycles. The molecule has 34 heavy (non-hydrogen) atoms. The molecule has 0 aromatic heterocycles. The van der Waals surface area contributed by atoms with Crippen molar-refractivity contribution in [2.45, 2.75) is 24.9 Å². The molecule has 0 aliphatic carbocycles. The molecule has 2 heterocycles. The van der Waals surface area contributed by atoms with Crippen LogP contribution in [0, 0.1) is 6.92 Å². The van der Waals surface area contributed by atoms with Gasteiger partial charge < -0.3 is 9.47 Å². The molecule has 0 radical (unpaired) electrons. The molecule has 5 rings (SSSR count). The van der Waals surface area contributed by atoms with Crippen LogP contribution < -0.4 is 14.5 Å². The zero-order valence-electron chi connectivity index (χ0n) is 18.1. The third-order valence-corrected chi connectivity index (χ3v) is 6.37. The molecule has 1 atom stereocenters. The lowest BCUT2D eigenvalue weighted by atomic mass is 9.82. The monoisotopic (exact) mass is 488 g/mol. The van der Waals surface area contributed by atoms with Crippen molar-refractivity contribution in [2.24, 2.45) is 0 Å². The van der Waals surface area contributed by atoms with Crippen LogP contribution in [0.4, 0.5) is 29.3 Å². The van der Waals surface area contributed by atoms with Crippen LogP contribution in [0.2, 0.25) is 5.02 Å². The van der Waals surface area contributed by atoms with Crippen LogP contribution in [-0.4, -0.2) is 31.1 Å². The van der Waals surface area contributed by atoms with E-state index in [1.54, 1.807) is 40.1 Å². The van der Waals surface area contributed by atoms with Gasteiger partial charge in [0.05, 0.1) is 19.3 Å². The van der Waals surface area contributed by atoms with Crippen LogP contribution in [-0.2, 0) is 4.74 Å². The summed E-state index contributed by atoms with van der Waals surface area (Å²) in [5.41, 5.74) is 1.98. The fourth-order valence-electron chi connectivity index (χ4n) is 4.63. The lowest BCUT2D eigenvalue weighted by Crippen LogP contribution is -2.62. The van der Waals surface area contributed by atoms with Gasteiger partial charge in [-0.1, -0.05) is 41.4 Å². The average Bonchev–Trinajstić information content (AvgIpc) is 3.03. The molecule has 2 fully saturated rings. The predicted octanol–water partition coefficient (Wildman–Crippen LogP) is 6.50. The minimum Gasteiger partial charge on any atom is -0.406 e. The Morgan fingerprint density at radius 1 is 1.00 bits per heavy atom. The van der Waals surface area contributed by atoms with E-state index >= 15 is 0 Å². The zero-order chi connectivity index (χ0) is 24.1. The number of alkyl halides is 3. The second-order valence-electron chi connectivity index (χ2n) is 8.42. The molecule has 2 saturated heterocycles. The van der Waals surface area contributed by atoms with E-state index in [2.05, 4.69) is 4.74 Å². The number of rotatable bonds is 4. The third kappa shape index (κ3) is 3.86. The Balaban J connectivity index is 1.66. The highest BCUT2D eigenvalue weighted by atomic mass is 35.5. The molecule has 9 heteroatoms. The van der Waals surface area contributed by atoms with Crippen LogP contribution in [0.15, 0.2) is 72.8 Å². The van der Waals surface area contributed by atoms with Crippen molar-refractivity contribution in [1.29, 1.82) is 0 Å². The number of ether oxygens (including phenoxy) is 2. The van der Waals surface area contributed by atoms with E-state index in [1.807, 2.05) is 31.2 Å². The number of benzene rings is 3. The molecule has 1 unspecified atom stereocenters. The molecule has 0 saturated carbocycles. The topological polar surface area (TPSA) is 42.0 Å². The number of nitrogens with zero attached hydrogens (tertiary/aromatic N) is 2. The predicted molar refractivity (Wildman–Crippen MR) is 122 cm³/mol. The van der Waals surface area contributed by atoms with E-state index in [0.717, 1.165) is 5.56 Å². The summed E-state index contributed by atoms with van der Waals surface area (Å²) in [4.78, 5) is 17.2. The molecule has 176 valence electrons. The fraction of sp³-hybridized carbons (Fsp3) is 0.240. The highest BCUT2D eigenvalue weighted by molar-refractivity contribution is 6.30. The number of carbonyl (C=O) groups is 1. The van der Waals surface area contributed by atoms with Gasteiger partial charge in [0.1, 0.15) is 11.3 Å². The summed E-state index contributed by atoms with van der Waals surface area (Å²) >= 11 is 6.07. The number of carbonyl (C=O) groups excluding carboxylic acids is 1. The summed E-state index contributed by atoms with van der Waals surface area (Å²) in [6.07, 6.45) is -4.83. The van der Waals surface area contributed by atoms with Gasteiger partial charge in [-0.2, -0.15) is 0 Å². The molecule has 0 bridgehead atoms. The average molecular weight is 489 g/mol. The minimum absolute atomic E-state index is 0.228. The molecule has 3 aromatic carbocycles. The van der Waals surface area contributed by atoms with E-state index in [-0.39, 0.29) is 25.0 Å². The van der Waals surface area contributed by atoms with Crippen LogP contribution in [0.5, 0.6) is 5.75 Å². The number of halogens is 4. The van der Waals surface area contributed by atoms with Crippen molar-refractivity contribution >= 4 is 29.0 Å². The lowest BCUT2D eigenvalue weighted by molar-refractivity contribution is -0.274. The molecular weight excluding hydrogens is 469 g/mol. The molecule has 5 nitrogen and oxygen atoms in total. The Hall–Kier alpha value is -3.23. The molecule has 0 N–H and O–H groups in total. The van der Waals surface area contributed by atoms with Crippen molar-refractivity contribution in [3.05, 3.63) is 88.9 Å². The van der Waals surface area contributed by atoms with Gasteiger partial charge in [0, 0.05) is 16.4 Å². The van der Waals surface area contributed by atoms with Gasteiger partial charge in [-0.15, -0.1) is 13.2 Å². The van der Waals surface area contributed by atoms with E-state index in [1.165, 1.54) is 18.2 Å². The van der Waals surface area contributed by atoms with Crippen molar-refractivity contribution in [3.63, 3.8) is 0 Å². The molecule has 2 amide bonds. The van der Waals surface area contributed by atoms with Crippen LogP contribution in [0.1, 0.15) is 17.2 Å². The van der Waals surface area contributed by atoms with Gasteiger partial charge in [0.25, 0.3) is 0 Å². The number of aryl methyl sites for hydroxylation is 1. The minimum atomic E-state index is -4.83. The Morgan fingerprint density at radius 2 is 1.65 bits per heavy atom. The molecule has 1 spiro atoms. The second kappa shape index (κ2) is 8.21. The summed E-state index contributed by atoms with van der Waals surface area (Å²) in [7, 11) is 0. The molecule has 2 aliphatic rings. The first-order valence-corrected chi connectivity index (χ1v) is 10.9. The van der Waals surface area contributed by atoms with Gasteiger partial charge >= 0.3 is 12.4 Å². The van der Waals surface area contributed by atoms with Crippen LogP contribution >= 0.6 is 11.6 Å². The smallest absolute Gasteiger partial charge is 0.406 e. The van der Waals surface area contributed by atoms with E-state index in [0.29, 0.717) is 22.0 Å². The first kappa shape index (κ1) is 22.6. The Morgan fingerprint density at radius 3 is 2.24 bits per heavy atom. The van der Waals surface area contributed by atoms with Gasteiger partial charge in [-0.05, 0) is 61.0 Å². The van der Waals surface area contributed by atoms with Crippen molar-refractivity contribution in [1.82, 2.24) is 0 Å². The van der Waals surface area contributed by atoms with E-state index in [9.17, 15) is 18.0 Å². The van der Waals surface area contributed by atoms with Crippen LogP contribution in [0.3, 0.4) is 0 Å². The van der Waals surface area contributed by atoms with E-state index in [4.69, 9.17) is 16.3 Å². The highest BCUT2D eigenvalue weighted by Crippen LogP contribution is 2.51. The summed E-state index contributed by atoms with van der Waals surface area (Å²) in [5, 5.41) is 0.504. The summed E-state index contributed by atoms with van der Waals surface area (Å²) in [6.45, 7) is 2.41. The Kier molecular flexibility index (Phi) is 5.45. The first-order chi connectivity index (χ1) is 16.2. The summed E-state index contributed by atoms with van der Waals surface area (Å²) in [6, 6.07) is 19.1. The molecule has 3 aromatic rings. The Bertz CT molecular complexity index is 1210. The quantitative estimate of drug-likeness (QED) is 0.421. The maximum Gasteiger partial charge on any atom is 0.573 e. The number of anilines is 2. The van der Waals surface area contributed by atoms with Crippen molar-refractivity contribution in [3.8, 4) is 5.75 Å². The summed E-state index contributed by atoms with van der Waals surface area (Å²) in [5.74, 6) is -0.349. The highest BCUT2D eigenvalue weighted by Gasteiger charge is 2.63. The normalized spacial score (nSPS) is 19.4.